The summed E-state index contributed by atoms with van der Waals surface area (Å²) in [4.78, 5) is 11.6. The van der Waals surface area contributed by atoms with Crippen LogP contribution in [0.2, 0.25) is 0 Å². The Balaban J connectivity index is 2.75. The van der Waals surface area contributed by atoms with Crippen molar-refractivity contribution < 1.29 is 0 Å². The summed E-state index contributed by atoms with van der Waals surface area (Å²) in [5.41, 5.74) is 1.00. The summed E-state index contributed by atoms with van der Waals surface area (Å²) in [6.07, 6.45) is 1.99. The molecule has 1 aromatic heterocycles. The van der Waals surface area contributed by atoms with Gasteiger partial charge in [0.05, 0.1) is 10.2 Å². The number of hydrogen-bond acceptors (Lipinski definition) is 4. The van der Waals surface area contributed by atoms with Crippen LogP contribution < -0.4 is 5.32 Å². The van der Waals surface area contributed by atoms with E-state index in [0.717, 1.165) is 60.8 Å². The molecule has 0 radical (unpaired) electrons. The second kappa shape index (κ2) is 8.48. The van der Waals surface area contributed by atoms with Crippen LogP contribution in [-0.2, 0) is 6.42 Å². The maximum absolute atomic E-state index is 4.62. The molecule has 0 unspecified atom stereocenters. The SMILES string of the molecule is CCCNc1nc(CCN(CC)CC)nc(C)c1Br. The standard InChI is InChI=1S/C14H25BrN4/c1-5-9-16-14-13(15)11(4)17-12(18-14)8-10-19(6-2)7-3/h5-10H2,1-4H3,(H,16,17,18). The number of aryl methyl sites for hydroxylation is 1. The van der Waals surface area contributed by atoms with Crippen LogP contribution in [0.15, 0.2) is 4.47 Å². The molecule has 0 aliphatic heterocycles. The molecule has 0 saturated carbocycles. The predicted molar refractivity (Wildman–Crippen MR) is 84.7 cm³/mol. The van der Waals surface area contributed by atoms with E-state index >= 15 is 0 Å². The lowest BCUT2D eigenvalue weighted by Crippen LogP contribution is -2.26. The number of anilines is 1. The van der Waals surface area contributed by atoms with Gasteiger partial charge in [0.25, 0.3) is 0 Å². The van der Waals surface area contributed by atoms with Gasteiger partial charge < -0.3 is 10.2 Å². The summed E-state index contributed by atoms with van der Waals surface area (Å²) in [6.45, 7) is 12.6. The van der Waals surface area contributed by atoms with Crippen molar-refractivity contribution in [3.63, 3.8) is 0 Å². The van der Waals surface area contributed by atoms with Crippen molar-refractivity contribution >= 4 is 21.7 Å². The molecule has 0 amide bonds. The molecule has 0 atom stereocenters. The molecule has 108 valence electrons. The van der Waals surface area contributed by atoms with Crippen molar-refractivity contribution in [2.75, 3.05) is 31.5 Å². The zero-order valence-electron chi connectivity index (χ0n) is 12.5. The molecule has 5 heteroatoms. The number of hydrogen-bond donors (Lipinski definition) is 1. The Bertz CT molecular complexity index is 391. The van der Waals surface area contributed by atoms with Crippen molar-refractivity contribution in [1.82, 2.24) is 14.9 Å². The first-order valence-electron chi connectivity index (χ1n) is 7.11. The molecule has 19 heavy (non-hydrogen) atoms. The van der Waals surface area contributed by atoms with Gasteiger partial charge >= 0.3 is 0 Å². The van der Waals surface area contributed by atoms with Crippen molar-refractivity contribution in [1.29, 1.82) is 0 Å². The third kappa shape index (κ3) is 5.07. The lowest BCUT2D eigenvalue weighted by molar-refractivity contribution is 0.305. The van der Waals surface area contributed by atoms with Crippen LogP contribution in [0.3, 0.4) is 0 Å². The minimum atomic E-state index is 0.899. The summed E-state index contributed by atoms with van der Waals surface area (Å²) >= 11 is 3.55. The van der Waals surface area contributed by atoms with E-state index in [2.05, 4.69) is 56.9 Å². The largest absolute Gasteiger partial charge is 0.369 e. The van der Waals surface area contributed by atoms with Crippen molar-refractivity contribution in [3.8, 4) is 0 Å². The zero-order chi connectivity index (χ0) is 14.3. The highest BCUT2D eigenvalue weighted by Crippen LogP contribution is 2.23. The minimum absolute atomic E-state index is 0.899. The molecule has 1 aromatic rings. The molecule has 0 aromatic carbocycles. The molecule has 0 saturated heterocycles. The molecule has 0 bridgehead atoms. The Hall–Kier alpha value is -0.680. The highest BCUT2D eigenvalue weighted by molar-refractivity contribution is 9.10. The van der Waals surface area contributed by atoms with Crippen LogP contribution in [0.25, 0.3) is 0 Å². The smallest absolute Gasteiger partial charge is 0.144 e. The predicted octanol–water partition coefficient (Wildman–Crippen LogP) is 3.25. The highest BCUT2D eigenvalue weighted by Gasteiger charge is 2.09. The van der Waals surface area contributed by atoms with Gasteiger partial charge in [-0.1, -0.05) is 20.8 Å². The third-order valence-corrected chi connectivity index (χ3v) is 4.10. The Morgan fingerprint density at radius 3 is 2.42 bits per heavy atom. The second-order valence-corrected chi connectivity index (χ2v) is 5.38. The van der Waals surface area contributed by atoms with Gasteiger partial charge in [-0.25, -0.2) is 9.97 Å². The first-order chi connectivity index (χ1) is 9.12. The Kier molecular flexibility index (Phi) is 7.31. The first-order valence-corrected chi connectivity index (χ1v) is 7.90. The third-order valence-electron chi connectivity index (χ3n) is 3.15. The number of halogens is 1. The topological polar surface area (TPSA) is 41.1 Å². The summed E-state index contributed by atoms with van der Waals surface area (Å²) in [7, 11) is 0. The van der Waals surface area contributed by atoms with Gasteiger partial charge in [-0.05, 0) is 42.4 Å². The molecular weight excluding hydrogens is 304 g/mol. The second-order valence-electron chi connectivity index (χ2n) is 4.59. The van der Waals surface area contributed by atoms with Gasteiger partial charge in [-0.2, -0.15) is 0 Å². The van der Waals surface area contributed by atoms with Crippen LogP contribution in [0.4, 0.5) is 5.82 Å². The number of nitrogens with one attached hydrogen (secondary N) is 1. The molecule has 0 fully saturated rings. The van der Waals surface area contributed by atoms with E-state index in [0.29, 0.717) is 0 Å². The highest BCUT2D eigenvalue weighted by atomic mass is 79.9. The lowest BCUT2D eigenvalue weighted by Gasteiger charge is -2.17. The molecule has 0 aliphatic rings. The molecule has 1 rings (SSSR count). The molecule has 0 aliphatic carbocycles. The normalized spacial score (nSPS) is 11.1. The van der Waals surface area contributed by atoms with Crippen molar-refractivity contribution in [3.05, 3.63) is 16.0 Å². The molecular formula is C14H25BrN4. The van der Waals surface area contributed by atoms with Gasteiger partial charge in [0.2, 0.25) is 0 Å². The van der Waals surface area contributed by atoms with E-state index in [-0.39, 0.29) is 0 Å². The van der Waals surface area contributed by atoms with Crippen molar-refractivity contribution in [2.24, 2.45) is 0 Å². The summed E-state index contributed by atoms with van der Waals surface area (Å²) in [5.74, 6) is 1.84. The summed E-state index contributed by atoms with van der Waals surface area (Å²) in [5, 5.41) is 3.35. The average Bonchev–Trinajstić information content (AvgIpc) is 2.42. The zero-order valence-corrected chi connectivity index (χ0v) is 14.0. The number of aromatic nitrogens is 2. The summed E-state index contributed by atoms with van der Waals surface area (Å²) < 4.78 is 0.979. The quantitative estimate of drug-likeness (QED) is 0.795. The van der Waals surface area contributed by atoms with E-state index in [1.165, 1.54) is 0 Å². The number of nitrogens with zero attached hydrogens (tertiary/aromatic N) is 3. The van der Waals surface area contributed by atoms with Crippen LogP contribution in [0.5, 0.6) is 0 Å². The van der Waals surface area contributed by atoms with E-state index in [1.807, 2.05) is 6.92 Å². The number of rotatable bonds is 8. The van der Waals surface area contributed by atoms with Crippen molar-refractivity contribution in [2.45, 2.75) is 40.5 Å². The number of likely N-dealkylation sites (N-methyl/N-ethyl adjacent to an activating group) is 1. The molecule has 4 nitrogen and oxygen atoms in total. The lowest BCUT2D eigenvalue weighted by atomic mass is 10.3. The fourth-order valence-corrected chi connectivity index (χ4v) is 2.20. The maximum Gasteiger partial charge on any atom is 0.144 e. The fraction of sp³-hybridized carbons (Fsp3) is 0.714. The Morgan fingerprint density at radius 1 is 1.16 bits per heavy atom. The van der Waals surface area contributed by atoms with E-state index in [9.17, 15) is 0 Å². The van der Waals surface area contributed by atoms with Gasteiger partial charge in [0, 0.05) is 19.5 Å². The fourth-order valence-electron chi connectivity index (χ4n) is 1.89. The van der Waals surface area contributed by atoms with Crippen LogP contribution in [0.1, 0.15) is 38.7 Å². The van der Waals surface area contributed by atoms with Crippen LogP contribution in [-0.4, -0.2) is 41.0 Å². The minimum Gasteiger partial charge on any atom is -0.369 e. The summed E-state index contributed by atoms with van der Waals surface area (Å²) in [6, 6.07) is 0. The van der Waals surface area contributed by atoms with E-state index < -0.39 is 0 Å². The van der Waals surface area contributed by atoms with Gasteiger partial charge in [0.1, 0.15) is 11.6 Å². The molecule has 0 spiro atoms. The Labute approximate surface area is 125 Å². The monoisotopic (exact) mass is 328 g/mol. The van der Waals surface area contributed by atoms with Gasteiger partial charge in [0.15, 0.2) is 0 Å². The van der Waals surface area contributed by atoms with E-state index in [1.54, 1.807) is 0 Å². The average molecular weight is 329 g/mol. The molecule has 1 N–H and O–H groups in total. The Morgan fingerprint density at radius 2 is 1.84 bits per heavy atom. The van der Waals surface area contributed by atoms with Crippen LogP contribution in [0, 0.1) is 6.92 Å². The van der Waals surface area contributed by atoms with E-state index in [4.69, 9.17) is 0 Å². The molecule has 1 heterocycles. The first kappa shape index (κ1) is 16.4. The van der Waals surface area contributed by atoms with Crippen LogP contribution >= 0.6 is 15.9 Å². The maximum atomic E-state index is 4.62. The van der Waals surface area contributed by atoms with Gasteiger partial charge in [-0.15, -0.1) is 0 Å². The van der Waals surface area contributed by atoms with Gasteiger partial charge in [-0.3, -0.25) is 0 Å².